The van der Waals surface area contributed by atoms with Gasteiger partial charge in [0, 0.05) is 0 Å². The Balaban J connectivity index is 2.01. The average molecular weight is 351 g/mol. The van der Waals surface area contributed by atoms with Crippen molar-refractivity contribution in [3.8, 4) is 6.07 Å². The maximum atomic E-state index is 13.1. The first-order chi connectivity index (χ1) is 11.8. The largest absolute Gasteiger partial charge is 0.417 e. The molecule has 25 heavy (non-hydrogen) atoms. The van der Waals surface area contributed by atoms with Crippen molar-refractivity contribution in [1.82, 2.24) is 5.32 Å². The summed E-state index contributed by atoms with van der Waals surface area (Å²) < 4.78 is 39.4. The number of anilines is 1. The molecule has 0 radical (unpaired) electrons. The monoisotopic (exact) mass is 351 g/mol. The van der Waals surface area contributed by atoms with Crippen LogP contribution in [0.25, 0.3) is 0 Å². The number of rotatable bonds is 1. The predicted molar refractivity (Wildman–Crippen MR) is 82.6 cm³/mol. The smallest absolute Gasteiger partial charge is 0.323 e. The minimum absolute atomic E-state index is 0.171. The number of amides is 3. The third kappa shape index (κ3) is 2.95. The molecule has 1 saturated heterocycles. The normalized spacial score (nSPS) is 20.3. The van der Waals surface area contributed by atoms with E-state index < -0.39 is 34.8 Å². The fraction of sp³-hybridized carbons (Fsp3) is 0.471. The van der Waals surface area contributed by atoms with Gasteiger partial charge in [-0.1, -0.05) is 25.7 Å². The summed E-state index contributed by atoms with van der Waals surface area (Å²) in [6.45, 7) is 0. The second-order valence-electron chi connectivity index (χ2n) is 6.41. The standard InChI is InChI=1S/C17H16F3N3O2/c18-17(19,20)13-9-12(6-5-11(13)10-21)23-14(24)16(22-15(23)25)7-3-1-2-4-8-16/h5-6,9H,1-4,7-8H2,(H,22,25). The summed E-state index contributed by atoms with van der Waals surface area (Å²) in [6, 6.07) is 3.63. The Hall–Kier alpha value is -2.56. The lowest BCUT2D eigenvalue weighted by Crippen LogP contribution is -2.46. The molecule has 1 saturated carbocycles. The van der Waals surface area contributed by atoms with Crippen LogP contribution < -0.4 is 10.2 Å². The molecule has 1 aromatic carbocycles. The van der Waals surface area contributed by atoms with E-state index in [-0.39, 0.29) is 5.69 Å². The second kappa shape index (κ2) is 6.06. The molecule has 132 valence electrons. The van der Waals surface area contributed by atoms with E-state index in [0.29, 0.717) is 18.9 Å². The van der Waals surface area contributed by atoms with E-state index in [4.69, 9.17) is 5.26 Å². The Morgan fingerprint density at radius 1 is 1.12 bits per heavy atom. The Bertz CT molecular complexity index is 759. The summed E-state index contributed by atoms with van der Waals surface area (Å²) in [5, 5.41) is 11.5. The Labute approximate surface area is 142 Å². The molecular weight excluding hydrogens is 335 g/mol. The van der Waals surface area contributed by atoms with Gasteiger partial charge in [0.1, 0.15) is 5.54 Å². The summed E-state index contributed by atoms with van der Waals surface area (Å²) in [7, 11) is 0. The van der Waals surface area contributed by atoms with Gasteiger partial charge in [-0.05, 0) is 31.0 Å². The van der Waals surface area contributed by atoms with E-state index >= 15 is 0 Å². The van der Waals surface area contributed by atoms with Crippen molar-refractivity contribution in [1.29, 1.82) is 5.26 Å². The van der Waals surface area contributed by atoms with Gasteiger partial charge in [0.25, 0.3) is 5.91 Å². The number of nitrogens with one attached hydrogen (secondary N) is 1. The number of hydrogen-bond donors (Lipinski definition) is 1. The molecule has 5 nitrogen and oxygen atoms in total. The van der Waals surface area contributed by atoms with Crippen molar-refractivity contribution in [2.45, 2.75) is 50.2 Å². The molecule has 1 heterocycles. The quantitative estimate of drug-likeness (QED) is 0.784. The zero-order valence-corrected chi connectivity index (χ0v) is 13.3. The average Bonchev–Trinajstić information content (AvgIpc) is 2.71. The molecule has 1 spiro atoms. The van der Waals surface area contributed by atoms with Crippen molar-refractivity contribution in [3.05, 3.63) is 29.3 Å². The highest BCUT2D eigenvalue weighted by atomic mass is 19.4. The van der Waals surface area contributed by atoms with E-state index in [9.17, 15) is 22.8 Å². The number of carbonyl (C=O) groups excluding carboxylic acids is 2. The third-order valence-corrected chi connectivity index (χ3v) is 4.81. The van der Waals surface area contributed by atoms with Crippen LogP contribution in [0, 0.1) is 11.3 Å². The topological polar surface area (TPSA) is 73.2 Å². The zero-order valence-electron chi connectivity index (χ0n) is 13.3. The minimum atomic E-state index is -4.75. The Morgan fingerprint density at radius 2 is 1.76 bits per heavy atom. The van der Waals surface area contributed by atoms with Crippen LogP contribution in [-0.4, -0.2) is 17.5 Å². The fourth-order valence-electron chi connectivity index (χ4n) is 3.53. The van der Waals surface area contributed by atoms with Crippen LogP contribution >= 0.6 is 0 Å². The molecule has 1 aromatic rings. The number of nitrogens with zero attached hydrogens (tertiary/aromatic N) is 2. The first-order valence-electron chi connectivity index (χ1n) is 8.06. The third-order valence-electron chi connectivity index (χ3n) is 4.81. The first-order valence-corrected chi connectivity index (χ1v) is 8.06. The fourth-order valence-corrected chi connectivity index (χ4v) is 3.53. The maximum Gasteiger partial charge on any atom is 0.417 e. The van der Waals surface area contributed by atoms with Crippen molar-refractivity contribution in [2.24, 2.45) is 0 Å². The van der Waals surface area contributed by atoms with Gasteiger partial charge >= 0.3 is 12.2 Å². The van der Waals surface area contributed by atoms with Crippen LogP contribution in [0.2, 0.25) is 0 Å². The van der Waals surface area contributed by atoms with Crippen LogP contribution in [0.15, 0.2) is 18.2 Å². The number of carbonyl (C=O) groups is 2. The van der Waals surface area contributed by atoms with Crippen molar-refractivity contribution in [2.75, 3.05) is 4.90 Å². The molecule has 3 rings (SSSR count). The molecule has 1 aliphatic heterocycles. The molecule has 1 aliphatic carbocycles. The van der Waals surface area contributed by atoms with Crippen molar-refractivity contribution in [3.63, 3.8) is 0 Å². The highest BCUT2D eigenvalue weighted by molar-refractivity contribution is 6.23. The summed E-state index contributed by atoms with van der Waals surface area (Å²) in [4.78, 5) is 26.0. The zero-order chi connectivity index (χ0) is 18.2. The van der Waals surface area contributed by atoms with E-state index in [0.717, 1.165) is 36.6 Å². The first kappa shape index (κ1) is 17.3. The van der Waals surface area contributed by atoms with Crippen LogP contribution in [0.5, 0.6) is 0 Å². The van der Waals surface area contributed by atoms with Crippen LogP contribution in [0.4, 0.5) is 23.7 Å². The summed E-state index contributed by atoms with van der Waals surface area (Å²) in [5.74, 6) is -0.516. The lowest BCUT2D eigenvalue weighted by atomic mass is 9.90. The summed E-state index contributed by atoms with van der Waals surface area (Å²) in [6.07, 6.45) is -0.310. The number of alkyl halides is 3. The molecule has 0 aromatic heterocycles. The minimum Gasteiger partial charge on any atom is -0.323 e. The maximum absolute atomic E-state index is 13.1. The molecule has 8 heteroatoms. The number of benzene rings is 1. The number of halogens is 3. The van der Waals surface area contributed by atoms with Gasteiger partial charge < -0.3 is 5.32 Å². The lowest BCUT2D eigenvalue weighted by Gasteiger charge is -2.24. The van der Waals surface area contributed by atoms with E-state index in [1.54, 1.807) is 0 Å². The Morgan fingerprint density at radius 3 is 2.32 bits per heavy atom. The van der Waals surface area contributed by atoms with Crippen molar-refractivity contribution >= 4 is 17.6 Å². The SMILES string of the molecule is N#Cc1ccc(N2C(=O)NC3(CCCCCC3)C2=O)cc1C(F)(F)F. The lowest BCUT2D eigenvalue weighted by molar-refractivity contribution is -0.137. The van der Waals surface area contributed by atoms with Crippen LogP contribution in [-0.2, 0) is 11.0 Å². The molecule has 2 fully saturated rings. The van der Waals surface area contributed by atoms with Gasteiger partial charge in [-0.15, -0.1) is 0 Å². The van der Waals surface area contributed by atoms with E-state index in [2.05, 4.69) is 5.32 Å². The van der Waals surface area contributed by atoms with Gasteiger partial charge in [0.2, 0.25) is 0 Å². The van der Waals surface area contributed by atoms with Gasteiger partial charge in [0.15, 0.2) is 0 Å². The van der Waals surface area contributed by atoms with Gasteiger partial charge in [-0.3, -0.25) is 4.79 Å². The second-order valence-corrected chi connectivity index (χ2v) is 6.41. The summed E-state index contributed by atoms with van der Waals surface area (Å²) >= 11 is 0. The summed E-state index contributed by atoms with van der Waals surface area (Å²) in [5.41, 5.74) is -2.91. The Kier molecular flexibility index (Phi) is 4.19. The number of imide groups is 1. The highest BCUT2D eigenvalue weighted by Gasteiger charge is 2.51. The number of nitriles is 1. The van der Waals surface area contributed by atoms with Gasteiger partial charge in [-0.2, -0.15) is 18.4 Å². The molecule has 0 unspecified atom stereocenters. The number of urea groups is 1. The van der Waals surface area contributed by atoms with Crippen molar-refractivity contribution < 1.29 is 22.8 Å². The van der Waals surface area contributed by atoms with Crippen LogP contribution in [0.3, 0.4) is 0 Å². The molecular formula is C17H16F3N3O2. The molecule has 1 N–H and O–H groups in total. The van der Waals surface area contributed by atoms with E-state index in [1.165, 1.54) is 12.1 Å². The number of hydrogen-bond acceptors (Lipinski definition) is 3. The molecule has 2 aliphatic rings. The van der Waals surface area contributed by atoms with Gasteiger partial charge in [-0.25, -0.2) is 9.69 Å². The predicted octanol–water partition coefficient (Wildman–Crippen LogP) is 3.73. The molecule has 0 bridgehead atoms. The molecule has 0 atom stereocenters. The molecule has 3 amide bonds. The van der Waals surface area contributed by atoms with E-state index in [1.807, 2.05) is 0 Å². The van der Waals surface area contributed by atoms with Crippen LogP contribution in [0.1, 0.15) is 49.7 Å². The van der Waals surface area contributed by atoms with Gasteiger partial charge in [0.05, 0.1) is 22.9 Å². The highest BCUT2D eigenvalue weighted by Crippen LogP contribution is 2.38.